The summed E-state index contributed by atoms with van der Waals surface area (Å²) in [6, 6.07) is 7.82. The molecule has 2 fully saturated rings. The van der Waals surface area contributed by atoms with Crippen molar-refractivity contribution >= 4 is 29.1 Å². The van der Waals surface area contributed by atoms with E-state index in [2.05, 4.69) is 9.80 Å². The molecule has 0 spiro atoms. The van der Waals surface area contributed by atoms with Crippen LogP contribution in [-0.2, 0) is 9.59 Å². The predicted octanol–water partition coefficient (Wildman–Crippen LogP) is 1.19. The molecule has 1 aromatic rings. The van der Waals surface area contributed by atoms with Crippen LogP contribution in [0, 0.1) is 5.92 Å². The molecule has 3 rings (SSSR count). The maximum absolute atomic E-state index is 12.5. The van der Waals surface area contributed by atoms with Crippen molar-refractivity contribution in [2.45, 2.75) is 12.8 Å². The van der Waals surface area contributed by atoms with Crippen LogP contribution in [0.2, 0.25) is 5.02 Å². The van der Waals surface area contributed by atoms with Crippen molar-refractivity contribution < 1.29 is 9.59 Å². The van der Waals surface area contributed by atoms with Gasteiger partial charge in [0, 0.05) is 42.8 Å². The summed E-state index contributed by atoms with van der Waals surface area (Å²) in [5.41, 5.74) is 6.50. The minimum atomic E-state index is -0.218. The first-order valence-corrected chi connectivity index (χ1v) is 9.20. The fourth-order valence-electron chi connectivity index (χ4n) is 3.53. The molecule has 2 saturated heterocycles. The Labute approximate surface area is 153 Å². The lowest BCUT2D eigenvalue weighted by Crippen LogP contribution is -2.52. The van der Waals surface area contributed by atoms with E-state index in [0.29, 0.717) is 6.54 Å². The number of primary amides is 1. The minimum Gasteiger partial charge on any atom is -0.369 e. The van der Waals surface area contributed by atoms with Crippen LogP contribution in [0.15, 0.2) is 24.3 Å². The van der Waals surface area contributed by atoms with Gasteiger partial charge >= 0.3 is 0 Å². The van der Waals surface area contributed by atoms with E-state index >= 15 is 0 Å². The van der Waals surface area contributed by atoms with Crippen LogP contribution in [0.1, 0.15) is 12.8 Å². The number of benzene rings is 1. The van der Waals surface area contributed by atoms with E-state index in [-0.39, 0.29) is 17.7 Å². The van der Waals surface area contributed by atoms with Crippen molar-refractivity contribution in [2.24, 2.45) is 11.7 Å². The monoisotopic (exact) mass is 364 g/mol. The summed E-state index contributed by atoms with van der Waals surface area (Å²) in [4.78, 5) is 30.1. The number of carbonyl (C=O) groups excluding carboxylic acids is 2. The molecule has 2 heterocycles. The standard InChI is InChI=1S/C18H25ClN4O2/c19-15-1-3-16(4-2-15)22-9-11-23(12-10-22)17(24)13-21-7-5-14(6-8-21)18(20)25/h1-4,14H,5-13H2,(H2,20,25). The second-order valence-corrected chi connectivity index (χ2v) is 7.23. The lowest BCUT2D eigenvalue weighted by Gasteiger charge is -2.37. The molecule has 0 aliphatic carbocycles. The number of piperidine rings is 1. The first-order chi connectivity index (χ1) is 12.0. The van der Waals surface area contributed by atoms with Crippen LogP contribution < -0.4 is 10.6 Å². The quantitative estimate of drug-likeness (QED) is 0.871. The van der Waals surface area contributed by atoms with Crippen molar-refractivity contribution in [3.05, 3.63) is 29.3 Å². The molecule has 2 aliphatic rings. The van der Waals surface area contributed by atoms with Gasteiger partial charge in [-0.2, -0.15) is 0 Å². The van der Waals surface area contributed by atoms with Crippen molar-refractivity contribution in [3.8, 4) is 0 Å². The summed E-state index contributed by atoms with van der Waals surface area (Å²) in [5, 5.41) is 0.734. The molecule has 0 atom stereocenters. The first-order valence-electron chi connectivity index (χ1n) is 8.83. The van der Waals surface area contributed by atoms with Crippen LogP contribution in [0.4, 0.5) is 5.69 Å². The van der Waals surface area contributed by atoms with Gasteiger partial charge in [0.15, 0.2) is 0 Å². The Balaban J connectivity index is 1.44. The minimum absolute atomic E-state index is 0.0331. The van der Waals surface area contributed by atoms with Crippen molar-refractivity contribution in [2.75, 3.05) is 50.7 Å². The second-order valence-electron chi connectivity index (χ2n) is 6.80. The van der Waals surface area contributed by atoms with Gasteiger partial charge in [0.25, 0.3) is 0 Å². The van der Waals surface area contributed by atoms with E-state index in [0.717, 1.165) is 62.8 Å². The normalized spacial score (nSPS) is 19.9. The van der Waals surface area contributed by atoms with Gasteiger partial charge in [-0.25, -0.2) is 0 Å². The maximum Gasteiger partial charge on any atom is 0.236 e. The zero-order valence-electron chi connectivity index (χ0n) is 14.4. The highest BCUT2D eigenvalue weighted by atomic mass is 35.5. The Kier molecular flexibility index (Phi) is 5.81. The molecule has 0 bridgehead atoms. The number of anilines is 1. The van der Waals surface area contributed by atoms with Crippen LogP contribution >= 0.6 is 11.6 Å². The fraction of sp³-hybridized carbons (Fsp3) is 0.556. The summed E-state index contributed by atoms with van der Waals surface area (Å²) in [6.07, 6.45) is 1.51. The number of halogens is 1. The highest BCUT2D eigenvalue weighted by Crippen LogP contribution is 2.20. The molecule has 0 aromatic heterocycles. The second kappa shape index (κ2) is 8.06. The van der Waals surface area contributed by atoms with Gasteiger partial charge in [-0.15, -0.1) is 0 Å². The number of likely N-dealkylation sites (tertiary alicyclic amines) is 1. The Morgan fingerprint density at radius 2 is 1.60 bits per heavy atom. The Morgan fingerprint density at radius 1 is 1.00 bits per heavy atom. The largest absolute Gasteiger partial charge is 0.369 e. The van der Waals surface area contributed by atoms with Crippen molar-refractivity contribution in [3.63, 3.8) is 0 Å². The molecule has 136 valence electrons. The highest BCUT2D eigenvalue weighted by molar-refractivity contribution is 6.30. The summed E-state index contributed by atoms with van der Waals surface area (Å²) >= 11 is 5.93. The summed E-state index contributed by atoms with van der Waals surface area (Å²) < 4.78 is 0. The fourth-order valence-corrected chi connectivity index (χ4v) is 3.66. The van der Waals surface area contributed by atoms with E-state index in [1.54, 1.807) is 0 Å². The third-order valence-electron chi connectivity index (χ3n) is 5.17. The highest BCUT2D eigenvalue weighted by Gasteiger charge is 2.27. The van der Waals surface area contributed by atoms with Crippen LogP contribution in [0.5, 0.6) is 0 Å². The molecule has 0 radical (unpaired) electrons. The lowest BCUT2D eigenvalue weighted by molar-refractivity contribution is -0.133. The number of hydrogen-bond donors (Lipinski definition) is 1. The smallest absolute Gasteiger partial charge is 0.236 e. The summed E-state index contributed by atoms with van der Waals surface area (Å²) in [5.74, 6) is -0.0770. The molecular formula is C18H25ClN4O2. The van der Waals surface area contributed by atoms with Gasteiger partial charge in [-0.3, -0.25) is 14.5 Å². The Hall–Kier alpha value is -1.79. The van der Waals surface area contributed by atoms with E-state index in [4.69, 9.17) is 17.3 Å². The van der Waals surface area contributed by atoms with Crippen LogP contribution in [0.25, 0.3) is 0 Å². The van der Waals surface area contributed by atoms with Gasteiger partial charge in [-0.1, -0.05) is 11.6 Å². The molecule has 25 heavy (non-hydrogen) atoms. The first kappa shape index (κ1) is 18.0. The number of nitrogens with zero attached hydrogens (tertiary/aromatic N) is 3. The van der Waals surface area contributed by atoms with Gasteiger partial charge in [0.2, 0.25) is 11.8 Å². The van der Waals surface area contributed by atoms with E-state index in [1.807, 2.05) is 29.2 Å². The van der Waals surface area contributed by atoms with Crippen LogP contribution in [0.3, 0.4) is 0 Å². The van der Waals surface area contributed by atoms with E-state index in [9.17, 15) is 9.59 Å². The summed E-state index contributed by atoms with van der Waals surface area (Å²) in [6.45, 7) is 5.10. The van der Waals surface area contributed by atoms with Gasteiger partial charge in [0.05, 0.1) is 6.54 Å². The number of amides is 2. The number of hydrogen-bond acceptors (Lipinski definition) is 4. The SMILES string of the molecule is NC(=O)C1CCN(CC(=O)N2CCN(c3ccc(Cl)cc3)CC2)CC1. The average Bonchev–Trinajstić information content (AvgIpc) is 2.63. The van der Waals surface area contributed by atoms with E-state index in [1.165, 1.54) is 0 Å². The molecule has 2 N–H and O–H groups in total. The molecule has 2 aliphatic heterocycles. The lowest BCUT2D eigenvalue weighted by atomic mass is 9.96. The number of piperazine rings is 1. The zero-order valence-corrected chi connectivity index (χ0v) is 15.1. The molecule has 7 heteroatoms. The number of carbonyl (C=O) groups is 2. The number of nitrogens with two attached hydrogens (primary N) is 1. The predicted molar refractivity (Wildman–Crippen MR) is 98.6 cm³/mol. The Bertz CT molecular complexity index is 606. The summed E-state index contributed by atoms with van der Waals surface area (Å²) in [7, 11) is 0. The van der Waals surface area contributed by atoms with Gasteiger partial charge in [0.1, 0.15) is 0 Å². The molecule has 0 saturated carbocycles. The van der Waals surface area contributed by atoms with Crippen LogP contribution in [-0.4, -0.2) is 67.4 Å². The molecule has 1 aromatic carbocycles. The third-order valence-corrected chi connectivity index (χ3v) is 5.42. The van der Waals surface area contributed by atoms with Gasteiger partial charge < -0.3 is 15.5 Å². The molecule has 2 amide bonds. The average molecular weight is 365 g/mol. The zero-order chi connectivity index (χ0) is 17.8. The van der Waals surface area contributed by atoms with Crippen molar-refractivity contribution in [1.29, 1.82) is 0 Å². The molecular weight excluding hydrogens is 340 g/mol. The molecule has 0 unspecified atom stereocenters. The topological polar surface area (TPSA) is 69.9 Å². The van der Waals surface area contributed by atoms with E-state index < -0.39 is 0 Å². The Morgan fingerprint density at radius 3 is 2.16 bits per heavy atom. The van der Waals surface area contributed by atoms with Crippen molar-refractivity contribution in [1.82, 2.24) is 9.80 Å². The third kappa shape index (κ3) is 4.64. The maximum atomic E-state index is 12.5. The molecule has 6 nitrogen and oxygen atoms in total. The number of rotatable bonds is 4. The van der Waals surface area contributed by atoms with Gasteiger partial charge in [-0.05, 0) is 50.2 Å².